The Kier molecular flexibility index (Phi) is 9.55. The lowest BCUT2D eigenvalue weighted by Gasteiger charge is -2.32. The van der Waals surface area contributed by atoms with E-state index in [4.69, 9.17) is 36.3 Å². The van der Waals surface area contributed by atoms with Crippen molar-refractivity contribution in [1.29, 1.82) is 0 Å². The highest BCUT2D eigenvalue weighted by atomic mass is 35.5. The number of amides is 1. The molecule has 0 unspecified atom stereocenters. The predicted molar refractivity (Wildman–Crippen MR) is 140 cm³/mol. The molecule has 0 radical (unpaired) electrons. The fraction of sp³-hybridized carbons (Fsp3) is 0.519. The third kappa shape index (κ3) is 7.18. The van der Waals surface area contributed by atoms with Crippen LogP contribution < -0.4 is 25.3 Å². The van der Waals surface area contributed by atoms with Gasteiger partial charge in [0.1, 0.15) is 19.0 Å². The van der Waals surface area contributed by atoms with Crippen molar-refractivity contribution in [3.63, 3.8) is 0 Å². The van der Waals surface area contributed by atoms with Crippen LogP contribution in [0.4, 0.5) is 5.69 Å². The molecule has 4 rings (SSSR count). The number of hydrogen-bond acceptors (Lipinski definition) is 7. The summed E-state index contributed by atoms with van der Waals surface area (Å²) in [5.74, 6) is 2.32. The van der Waals surface area contributed by atoms with Crippen LogP contribution >= 0.6 is 11.6 Å². The molecule has 2 aliphatic rings. The van der Waals surface area contributed by atoms with Gasteiger partial charge in [0.2, 0.25) is 0 Å². The molecule has 2 heterocycles. The lowest BCUT2D eigenvalue weighted by Crippen LogP contribution is -2.39. The van der Waals surface area contributed by atoms with Crippen LogP contribution in [0.2, 0.25) is 5.02 Å². The number of halogens is 1. The molecular weight excluding hydrogens is 482 g/mol. The van der Waals surface area contributed by atoms with Gasteiger partial charge in [0.25, 0.3) is 5.91 Å². The number of methoxy groups -OCH3 is 1. The monoisotopic (exact) mass is 517 g/mol. The summed E-state index contributed by atoms with van der Waals surface area (Å²) in [6, 6.07) is 9.13. The number of anilines is 1. The fourth-order valence-electron chi connectivity index (χ4n) is 4.57. The summed E-state index contributed by atoms with van der Waals surface area (Å²) in [5.41, 5.74) is 7.71. The first-order chi connectivity index (χ1) is 17.5. The van der Waals surface area contributed by atoms with Crippen molar-refractivity contribution < 1.29 is 23.7 Å². The molecular formula is C27H36ClN3O5. The summed E-state index contributed by atoms with van der Waals surface area (Å²) in [5, 5.41) is 3.38. The average Bonchev–Trinajstić information content (AvgIpc) is 2.91. The Morgan fingerprint density at radius 3 is 2.69 bits per heavy atom. The number of carbonyl (C=O) groups is 1. The second-order valence-corrected chi connectivity index (χ2v) is 9.71. The molecule has 2 aliphatic heterocycles. The zero-order chi connectivity index (χ0) is 25.3. The molecule has 1 saturated heterocycles. The summed E-state index contributed by atoms with van der Waals surface area (Å²) < 4.78 is 22.3. The number of unbranched alkanes of at least 4 members (excludes halogenated alkanes) is 1. The average molecular weight is 518 g/mol. The van der Waals surface area contributed by atoms with Gasteiger partial charge in [-0.25, -0.2) is 0 Å². The van der Waals surface area contributed by atoms with Crippen LogP contribution in [0.25, 0.3) is 0 Å². The molecule has 0 atom stereocenters. The molecule has 0 aliphatic carbocycles. The second kappa shape index (κ2) is 13.0. The maximum Gasteiger partial charge on any atom is 0.255 e. The van der Waals surface area contributed by atoms with Gasteiger partial charge in [-0.15, -0.1) is 0 Å². The van der Waals surface area contributed by atoms with Crippen LogP contribution in [0.1, 0.15) is 41.6 Å². The van der Waals surface area contributed by atoms with Crippen molar-refractivity contribution in [2.75, 3.05) is 58.8 Å². The predicted octanol–water partition coefficient (Wildman–Crippen LogP) is 4.14. The first-order valence-electron chi connectivity index (χ1n) is 12.6. The standard InChI is InChI=1S/C27H36ClN3O5/c1-33-25-16-23(29)22(28)15-21(25)27(32)30-17-19-6-9-31(10-7-19)8-2-3-11-34-18-20-4-5-24-26(14-20)36-13-12-35-24/h4-5,14-16,19H,2-3,6-13,17-18,29H2,1H3,(H,30,32). The van der Waals surface area contributed by atoms with Crippen molar-refractivity contribution in [3.05, 3.63) is 46.5 Å². The van der Waals surface area contributed by atoms with Gasteiger partial charge in [-0.1, -0.05) is 17.7 Å². The molecule has 1 fully saturated rings. The summed E-state index contributed by atoms with van der Waals surface area (Å²) >= 11 is 6.09. The fourth-order valence-corrected chi connectivity index (χ4v) is 4.73. The topological polar surface area (TPSA) is 95.3 Å². The largest absolute Gasteiger partial charge is 0.496 e. The Morgan fingerprint density at radius 2 is 1.92 bits per heavy atom. The van der Waals surface area contributed by atoms with Gasteiger partial charge in [0.05, 0.1) is 30.0 Å². The van der Waals surface area contributed by atoms with Crippen LogP contribution in [0.15, 0.2) is 30.3 Å². The molecule has 2 aromatic carbocycles. The van der Waals surface area contributed by atoms with E-state index in [2.05, 4.69) is 10.2 Å². The molecule has 3 N–H and O–H groups in total. The summed E-state index contributed by atoms with van der Waals surface area (Å²) in [4.78, 5) is 15.2. The molecule has 2 aromatic rings. The van der Waals surface area contributed by atoms with E-state index in [1.807, 2.05) is 18.2 Å². The van der Waals surface area contributed by atoms with Gasteiger partial charge >= 0.3 is 0 Å². The van der Waals surface area contributed by atoms with Gasteiger partial charge < -0.3 is 34.9 Å². The third-order valence-corrected chi connectivity index (χ3v) is 7.04. The van der Waals surface area contributed by atoms with Crippen molar-refractivity contribution in [3.8, 4) is 17.2 Å². The zero-order valence-corrected chi connectivity index (χ0v) is 21.6. The maximum atomic E-state index is 12.7. The second-order valence-electron chi connectivity index (χ2n) is 9.31. The number of nitrogen functional groups attached to an aromatic ring is 1. The number of nitrogens with zero attached hydrogens (tertiary/aromatic N) is 1. The Labute approximate surface area is 218 Å². The van der Waals surface area contributed by atoms with Crippen LogP contribution in [0.5, 0.6) is 17.2 Å². The molecule has 9 heteroatoms. The van der Waals surface area contributed by atoms with Crippen LogP contribution in [-0.4, -0.2) is 63.9 Å². The Balaban J connectivity index is 1.08. The van der Waals surface area contributed by atoms with Gasteiger partial charge in [0, 0.05) is 19.2 Å². The SMILES string of the molecule is COc1cc(N)c(Cl)cc1C(=O)NCC1CCN(CCCCOCc2ccc3c(c2)OCCO3)CC1. The summed E-state index contributed by atoms with van der Waals surface area (Å²) in [7, 11) is 1.52. The number of nitrogens with one attached hydrogen (secondary N) is 1. The van der Waals surface area contributed by atoms with E-state index in [1.54, 1.807) is 12.1 Å². The number of rotatable bonds is 11. The number of hydrogen-bond donors (Lipinski definition) is 2. The third-order valence-electron chi connectivity index (χ3n) is 6.71. The van der Waals surface area contributed by atoms with E-state index in [9.17, 15) is 4.79 Å². The molecule has 8 nitrogen and oxygen atoms in total. The van der Waals surface area contributed by atoms with E-state index in [0.29, 0.717) is 54.3 Å². The minimum Gasteiger partial charge on any atom is -0.496 e. The molecule has 0 aromatic heterocycles. The number of fused-ring (bicyclic) bond motifs is 1. The molecule has 196 valence electrons. The van der Waals surface area contributed by atoms with Gasteiger partial charge in [-0.05, 0) is 75.0 Å². The van der Waals surface area contributed by atoms with Crippen molar-refractivity contribution in [1.82, 2.24) is 10.2 Å². The number of nitrogens with two attached hydrogens (primary N) is 1. The van der Waals surface area contributed by atoms with Crippen molar-refractivity contribution >= 4 is 23.2 Å². The van der Waals surface area contributed by atoms with Gasteiger partial charge in [-0.3, -0.25) is 4.79 Å². The zero-order valence-electron chi connectivity index (χ0n) is 20.9. The summed E-state index contributed by atoms with van der Waals surface area (Å²) in [6.45, 7) is 6.35. The van der Waals surface area contributed by atoms with E-state index >= 15 is 0 Å². The number of ether oxygens (including phenoxy) is 4. The number of piperidine rings is 1. The first-order valence-corrected chi connectivity index (χ1v) is 13.0. The molecule has 0 spiro atoms. The normalized spacial score (nSPS) is 16.1. The van der Waals surface area contributed by atoms with E-state index in [1.165, 1.54) is 7.11 Å². The highest BCUT2D eigenvalue weighted by Crippen LogP contribution is 2.31. The number of carbonyl (C=O) groups excluding carboxylic acids is 1. The van der Waals surface area contributed by atoms with E-state index in [-0.39, 0.29) is 5.91 Å². The highest BCUT2D eigenvalue weighted by molar-refractivity contribution is 6.33. The lowest BCUT2D eigenvalue weighted by atomic mass is 9.96. The van der Waals surface area contributed by atoms with Crippen LogP contribution in [-0.2, 0) is 11.3 Å². The lowest BCUT2D eigenvalue weighted by molar-refractivity contribution is 0.0930. The number of likely N-dealkylation sites (tertiary alicyclic amines) is 1. The van der Waals surface area contributed by atoms with E-state index < -0.39 is 0 Å². The molecule has 0 saturated carbocycles. The molecule has 1 amide bonds. The van der Waals surface area contributed by atoms with Crippen LogP contribution in [0.3, 0.4) is 0 Å². The highest BCUT2D eigenvalue weighted by Gasteiger charge is 2.21. The molecule has 36 heavy (non-hydrogen) atoms. The van der Waals surface area contributed by atoms with Crippen molar-refractivity contribution in [2.24, 2.45) is 5.92 Å². The van der Waals surface area contributed by atoms with Gasteiger partial charge in [-0.2, -0.15) is 0 Å². The quantitative estimate of drug-likeness (QED) is 0.341. The summed E-state index contributed by atoms with van der Waals surface area (Å²) in [6.07, 6.45) is 4.29. The Bertz CT molecular complexity index is 1030. The molecule has 0 bridgehead atoms. The Morgan fingerprint density at radius 1 is 1.14 bits per heavy atom. The smallest absolute Gasteiger partial charge is 0.255 e. The first kappa shape index (κ1) is 26.4. The van der Waals surface area contributed by atoms with E-state index in [0.717, 1.165) is 69.0 Å². The maximum absolute atomic E-state index is 12.7. The minimum atomic E-state index is -0.188. The Hall–Kier alpha value is -2.68. The van der Waals surface area contributed by atoms with Crippen molar-refractivity contribution in [2.45, 2.75) is 32.3 Å². The van der Waals surface area contributed by atoms with Gasteiger partial charge in [0.15, 0.2) is 11.5 Å². The minimum absolute atomic E-state index is 0.188. The van der Waals surface area contributed by atoms with Crippen LogP contribution in [0, 0.1) is 5.92 Å². The number of benzene rings is 2.